The Morgan fingerprint density at radius 3 is 2.54 bits per heavy atom. The molecular formula is C18H16N4O2S2. The van der Waals surface area contributed by atoms with E-state index in [-0.39, 0.29) is 5.91 Å². The number of amides is 1. The number of nitrogens with zero attached hydrogens (tertiary/aromatic N) is 3. The van der Waals surface area contributed by atoms with E-state index in [1.165, 1.54) is 22.7 Å². The number of rotatable bonds is 4. The molecule has 0 atom stereocenters. The monoisotopic (exact) mass is 384 g/mol. The van der Waals surface area contributed by atoms with E-state index in [9.17, 15) is 4.79 Å². The summed E-state index contributed by atoms with van der Waals surface area (Å²) in [7, 11) is 5.49. The van der Waals surface area contributed by atoms with Crippen LogP contribution in [0.3, 0.4) is 0 Å². The number of thiazole rings is 2. The van der Waals surface area contributed by atoms with Gasteiger partial charge in [0.2, 0.25) is 0 Å². The minimum atomic E-state index is -0.175. The van der Waals surface area contributed by atoms with E-state index in [4.69, 9.17) is 4.74 Å². The van der Waals surface area contributed by atoms with Crippen molar-refractivity contribution < 1.29 is 9.53 Å². The van der Waals surface area contributed by atoms with Crippen LogP contribution in [-0.4, -0.2) is 37.1 Å². The van der Waals surface area contributed by atoms with Crippen LogP contribution in [0.15, 0.2) is 36.4 Å². The molecule has 0 saturated carbocycles. The van der Waals surface area contributed by atoms with Crippen molar-refractivity contribution in [3.63, 3.8) is 0 Å². The summed E-state index contributed by atoms with van der Waals surface area (Å²) in [6.07, 6.45) is 0. The maximum absolute atomic E-state index is 12.6. The van der Waals surface area contributed by atoms with Gasteiger partial charge in [0.05, 0.1) is 27.5 Å². The molecule has 0 bridgehead atoms. The van der Waals surface area contributed by atoms with Gasteiger partial charge in [0, 0.05) is 25.3 Å². The number of anilines is 2. The van der Waals surface area contributed by atoms with Crippen molar-refractivity contribution in [2.45, 2.75) is 0 Å². The molecule has 1 N–H and O–H groups in total. The van der Waals surface area contributed by atoms with E-state index in [0.29, 0.717) is 15.9 Å². The molecular weight excluding hydrogens is 368 g/mol. The highest BCUT2D eigenvalue weighted by Gasteiger charge is 2.14. The summed E-state index contributed by atoms with van der Waals surface area (Å²) < 4.78 is 7.25. The molecule has 4 aromatic rings. The van der Waals surface area contributed by atoms with E-state index in [1.807, 2.05) is 49.3 Å². The number of ether oxygens (including phenoxy) is 1. The summed E-state index contributed by atoms with van der Waals surface area (Å²) in [5.41, 5.74) is 3.28. The second-order valence-electron chi connectivity index (χ2n) is 5.86. The van der Waals surface area contributed by atoms with Crippen LogP contribution in [0.4, 0.5) is 10.8 Å². The smallest absolute Gasteiger partial charge is 0.274 e. The molecule has 0 radical (unpaired) electrons. The largest absolute Gasteiger partial charge is 0.473 e. The van der Waals surface area contributed by atoms with Gasteiger partial charge in [-0.1, -0.05) is 28.7 Å². The van der Waals surface area contributed by atoms with Crippen LogP contribution in [0.1, 0.15) is 10.4 Å². The molecule has 2 aromatic carbocycles. The van der Waals surface area contributed by atoms with Gasteiger partial charge in [-0.25, -0.2) is 9.97 Å². The van der Waals surface area contributed by atoms with Crippen molar-refractivity contribution in [3.8, 4) is 5.19 Å². The van der Waals surface area contributed by atoms with Gasteiger partial charge in [-0.3, -0.25) is 10.1 Å². The number of hydrogen-bond donors (Lipinski definition) is 1. The number of nitrogens with one attached hydrogen (secondary N) is 1. The standard InChI is InChI=1S/C18H16N4O2S2/c1-22(2)11-6-4-5-10(9-11)16(23)21-17-19-12-7-8-13-15(14(12)25-17)26-18(20-13)24-3/h4-9H,1-3H3,(H,19,21,23). The zero-order valence-corrected chi connectivity index (χ0v) is 16.1. The topological polar surface area (TPSA) is 67.4 Å². The third kappa shape index (κ3) is 2.97. The van der Waals surface area contributed by atoms with Crippen LogP contribution in [0.25, 0.3) is 20.4 Å². The molecule has 0 aliphatic rings. The highest BCUT2D eigenvalue weighted by Crippen LogP contribution is 2.38. The lowest BCUT2D eigenvalue weighted by molar-refractivity contribution is 0.102. The fraction of sp³-hybridized carbons (Fsp3) is 0.167. The molecule has 8 heteroatoms. The maximum atomic E-state index is 12.6. The number of fused-ring (bicyclic) bond motifs is 3. The summed E-state index contributed by atoms with van der Waals surface area (Å²) in [5, 5.41) is 4.09. The molecule has 0 aliphatic carbocycles. The summed E-state index contributed by atoms with van der Waals surface area (Å²) in [4.78, 5) is 23.5. The molecule has 0 fully saturated rings. The Balaban J connectivity index is 1.66. The predicted molar refractivity (Wildman–Crippen MR) is 108 cm³/mol. The average Bonchev–Trinajstić information content (AvgIpc) is 3.24. The quantitative estimate of drug-likeness (QED) is 0.570. The zero-order chi connectivity index (χ0) is 18.3. The predicted octanol–water partition coefficient (Wildman–Crippen LogP) is 4.23. The van der Waals surface area contributed by atoms with E-state index >= 15 is 0 Å². The molecule has 0 saturated heterocycles. The number of carbonyl (C=O) groups excluding carboxylic acids is 1. The maximum Gasteiger partial charge on any atom is 0.274 e. The molecule has 26 heavy (non-hydrogen) atoms. The number of aromatic nitrogens is 2. The molecule has 4 rings (SSSR count). The average molecular weight is 384 g/mol. The Labute approximate surface area is 158 Å². The molecule has 132 valence electrons. The van der Waals surface area contributed by atoms with Crippen LogP contribution in [0.2, 0.25) is 0 Å². The second-order valence-corrected chi connectivity index (χ2v) is 7.82. The minimum absolute atomic E-state index is 0.175. The van der Waals surface area contributed by atoms with Gasteiger partial charge in [-0.2, -0.15) is 0 Å². The Kier molecular flexibility index (Phi) is 4.21. The SMILES string of the molecule is COc1nc2ccc3nc(NC(=O)c4cccc(N(C)C)c4)sc3c2s1. The molecule has 1 amide bonds. The van der Waals surface area contributed by atoms with E-state index < -0.39 is 0 Å². The zero-order valence-electron chi connectivity index (χ0n) is 14.4. The number of benzene rings is 2. The lowest BCUT2D eigenvalue weighted by Gasteiger charge is -2.13. The van der Waals surface area contributed by atoms with Crippen LogP contribution < -0.4 is 15.0 Å². The highest BCUT2D eigenvalue weighted by atomic mass is 32.1. The lowest BCUT2D eigenvalue weighted by atomic mass is 10.2. The lowest BCUT2D eigenvalue weighted by Crippen LogP contribution is -2.14. The van der Waals surface area contributed by atoms with Gasteiger partial charge in [-0.05, 0) is 30.3 Å². The Morgan fingerprint density at radius 1 is 1.08 bits per heavy atom. The van der Waals surface area contributed by atoms with E-state index in [2.05, 4.69) is 15.3 Å². The third-order valence-corrected chi connectivity index (χ3v) is 6.10. The van der Waals surface area contributed by atoms with Gasteiger partial charge in [0.15, 0.2) is 5.13 Å². The summed E-state index contributed by atoms with van der Waals surface area (Å²) in [5.74, 6) is -0.175. The Morgan fingerprint density at radius 2 is 1.81 bits per heavy atom. The van der Waals surface area contributed by atoms with Gasteiger partial charge >= 0.3 is 0 Å². The van der Waals surface area contributed by atoms with Gasteiger partial charge in [0.1, 0.15) is 0 Å². The van der Waals surface area contributed by atoms with Crippen LogP contribution in [0.5, 0.6) is 5.19 Å². The molecule has 0 spiro atoms. The molecule has 0 unspecified atom stereocenters. The first kappa shape index (κ1) is 16.7. The van der Waals surface area contributed by atoms with Crippen molar-refractivity contribution in [1.82, 2.24) is 9.97 Å². The molecule has 0 aliphatic heterocycles. The first-order valence-corrected chi connectivity index (χ1v) is 9.51. The first-order chi connectivity index (χ1) is 12.5. The first-order valence-electron chi connectivity index (χ1n) is 7.88. The van der Waals surface area contributed by atoms with E-state index in [1.54, 1.807) is 13.2 Å². The normalized spacial score (nSPS) is 11.0. The molecule has 6 nitrogen and oxygen atoms in total. The molecule has 2 aromatic heterocycles. The number of carbonyl (C=O) groups is 1. The van der Waals surface area contributed by atoms with E-state index in [0.717, 1.165) is 26.1 Å². The third-order valence-electron chi connectivity index (χ3n) is 3.91. The second kappa shape index (κ2) is 6.54. The van der Waals surface area contributed by atoms with Crippen LogP contribution in [0, 0.1) is 0 Å². The van der Waals surface area contributed by atoms with Crippen LogP contribution in [-0.2, 0) is 0 Å². The van der Waals surface area contributed by atoms with Crippen molar-refractivity contribution in [2.24, 2.45) is 0 Å². The number of methoxy groups -OCH3 is 1. The highest BCUT2D eigenvalue weighted by molar-refractivity contribution is 7.29. The van der Waals surface area contributed by atoms with Crippen LogP contribution >= 0.6 is 22.7 Å². The fourth-order valence-electron chi connectivity index (χ4n) is 2.59. The summed E-state index contributed by atoms with van der Waals surface area (Å²) >= 11 is 2.92. The fourth-order valence-corrected chi connectivity index (χ4v) is 4.55. The van der Waals surface area contributed by atoms with Gasteiger partial charge in [0.25, 0.3) is 11.1 Å². The minimum Gasteiger partial charge on any atom is -0.473 e. The van der Waals surface area contributed by atoms with Crippen molar-refractivity contribution in [2.75, 3.05) is 31.4 Å². The Hall–Kier alpha value is -2.71. The Bertz CT molecular complexity index is 1120. The number of hydrogen-bond acceptors (Lipinski definition) is 7. The summed E-state index contributed by atoms with van der Waals surface area (Å²) in [6.45, 7) is 0. The van der Waals surface area contributed by atoms with Crippen molar-refractivity contribution in [3.05, 3.63) is 42.0 Å². The van der Waals surface area contributed by atoms with Crippen molar-refractivity contribution >= 4 is 59.8 Å². The van der Waals surface area contributed by atoms with Gasteiger partial charge < -0.3 is 9.64 Å². The molecule has 2 heterocycles. The van der Waals surface area contributed by atoms with Crippen molar-refractivity contribution in [1.29, 1.82) is 0 Å². The van der Waals surface area contributed by atoms with Gasteiger partial charge in [-0.15, -0.1) is 0 Å². The summed E-state index contributed by atoms with van der Waals surface area (Å²) in [6, 6.07) is 11.3.